The van der Waals surface area contributed by atoms with E-state index in [1.54, 1.807) is 0 Å². The second-order valence-electron chi connectivity index (χ2n) is 19.7. The van der Waals surface area contributed by atoms with Crippen molar-refractivity contribution >= 4 is 93.0 Å². The van der Waals surface area contributed by atoms with Crippen molar-refractivity contribution in [1.82, 2.24) is 9.13 Å². The molecule has 350 valence electrons. The van der Waals surface area contributed by atoms with Crippen LogP contribution in [-0.4, -0.2) is 9.13 Å². The molecule has 3 nitrogen and oxygen atoms in total. The summed E-state index contributed by atoms with van der Waals surface area (Å²) in [6.45, 7) is 0. The number of nitrogens with zero attached hydrogens (tertiary/aromatic N) is 3. The molecule has 0 atom stereocenters. The van der Waals surface area contributed by atoms with Gasteiger partial charge in [0.15, 0.2) is 0 Å². The minimum absolute atomic E-state index is 1.10. The van der Waals surface area contributed by atoms with Gasteiger partial charge in [0.2, 0.25) is 0 Å². The third-order valence-corrected chi connectivity index (χ3v) is 15.4. The lowest BCUT2D eigenvalue weighted by molar-refractivity contribution is 1.20. The second kappa shape index (κ2) is 17.4. The van der Waals surface area contributed by atoms with Crippen LogP contribution in [0.1, 0.15) is 0 Å². The Hall–Kier alpha value is -9.96. The number of hydrogen-bond donors (Lipinski definition) is 0. The summed E-state index contributed by atoms with van der Waals surface area (Å²) in [5.74, 6) is 0. The third kappa shape index (κ3) is 7.05. The third-order valence-electron chi connectivity index (χ3n) is 15.4. The quantitative estimate of drug-likeness (QED) is 0.148. The molecule has 0 fully saturated rings. The molecule has 0 aliphatic heterocycles. The highest BCUT2D eigenvalue weighted by molar-refractivity contribution is 6.13. The molecule has 0 aliphatic carbocycles. The van der Waals surface area contributed by atoms with Crippen molar-refractivity contribution in [3.63, 3.8) is 0 Å². The highest BCUT2D eigenvalue weighted by atomic mass is 15.1. The maximum Gasteiger partial charge on any atom is 0.0541 e. The fourth-order valence-electron chi connectivity index (χ4n) is 12.0. The van der Waals surface area contributed by atoms with Crippen molar-refractivity contribution < 1.29 is 0 Å². The highest BCUT2D eigenvalue weighted by Gasteiger charge is 2.20. The molecule has 15 aromatic rings. The van der Waals surface area contributed by atoms with E-state index in [0.29, 0.717) is 0 Å². The van der Waals surface area contributed by atoms with E-state index in [2.05, 4.69) is 299 Å². The Bertz CT molecular complexity index is 4480. The Labute approximate surface area is 434 Å². The molecule has 75 heavy (non-hydrogen) atoms. The molecule has 2 aromatic heterocycles. The summed E-state index contributed by atoms with van der Waals surface area (Å²) in [4.78, 5) is 2.38. The number of aromatic nitrogens is 2. The van der Waals surface area contributed by atoms with Crippen LogP contribution in [0.2, 0.25) is 0 Å². The maximum atomic E-state index is 2.45. The van der Waals surface area contributed by atoms with Gasteiger partial charge in [-0.25, -0.2) is 0 Å². The van der Waals surface area contributed by atoms with Gasteiger partial charge in [0.1, 0.15) is 0 Å². The molecule has 0 N–H and O–H groups in total. The molecular weight excluding hydrogens is 907 g/mol. The van der Waals surface area contributed by atoms with Crippen molar-refractivity contribution in [3.8, 4) is 44.8 Å². The van der Waals surface area contributed by atoms with E-state index in [1.165, 1.54) is 98.4 Å². The van der Waals surface area contributed by atoms with Gasteiger partial charge in [0.05, 0.1) is 39.1 Å². The standard InChI is InChI=1S/C72H47N3/c1-2-23-57(24-3-1)73(66-32-14-20-49-17-4-7-25-59(49)66)58-39-35-48(36-40-58)54-43-55(52-37-41-71-64(46-52)62-28-10-12-30-69(62)74(71)67-33-15-21-50-18-5-8-26-60(50)67)45-56(44-54)53-38-42-72-65(47-53)63-29-11-13-31-70(63)75(72)68-34-16-22-51-19-6-9-27-61(51)68/h1-47H. The van der Waals surface area contributed by atoms with Crippen molar-refractivity contribution in [1.29, 1.82) is 0 Å². The van der Waals surface area contributed by atoms with E-state index in [9.17, 15) is 0 Å². The average molecular weight is 954 g/mol. The lowest BCUT2D eigenvalue weighted by Gasteiger charge is -2.27. The molecule has 3 heteroatoms. The lowest BCUT2D eigenvalue weighted by atomic mass is 9.92. The van der Waals surface area contributed by atoms with Gasteiger partial charge in [0, 0.05) is 49.1 Å². The summed E-state index contributed by atoms with van der Waals surface area (Å²) < 4.78 is 4.89. The van der Waals surface area contributed by atoms with Crippen LogP contribution < -0.4 is 4.90 Å². The van der Waals surface area contributed by atoms with Gasteiger partial charge in [-0.3, -0.25) is 0 Å². The predicted octanol–water partition coefficient (Wildman–Crippen LogP) is 19.8. The normalized spacial score (nSPS) is 11.7. The van der Waals surface area contributed by atoms with Gasteiger partial charge >= 0.3 is 0 Å². The molecular formula is C72H47N3. The Kier molecular flexibility index (Phi) is 9.89. The molecule has 13 aromatic carbocycles. The van der Waals surface area contributed by atoms with Crippen LogP contribution in [0.5, 0.6) is 0 Å². The van der Waals surface area contributed by atoms with Crippen LogP contribution in [-0.2, 0) is 0 Å². The van der Waals surface area contributed by atoms with Crippen LogP contribution in [0, 0.1) is 0 Å². The summed E-state index contributed by atoms with van der Waals surface area (Å²) >= 11 is 0. The Balaban J connectivity index is 0.918. The van der Waals surface area contributed by atoms with Gasteiger partial charge < -0.3 is 14.0 Å². The Morgan fingerprint density at radius 1 is 0.213 bits per heavy atom. The summed E-state index contributed by atoms with van der Waals surface area (Å²) in [5, 5.41) is 12.3. The molecule has 0 aliphatic rings. The van der Waals surface area contributed by atoms with Crippen LogP contribution >= 0.6 is 0 Å². The minimum Gasteiger partial charge on any atom is -0.310 e. The zero-order valence-electron chi connectivity index (χ0n) is 41.0. The van der Waals surface area contributed by atoms with E-state index in [4.69, 9.17) is 0 Å². The van der Waals surface area contributed by atoms with Gasteiger partial charge in [-0.05, 0) is 147 Å². The number of benzene rings is 13. The predicted molar refractivity (Wildman–Crippen MR) is 319 cm³/mol. The second-order valence-corrected chi connectivity index (χ2v) is 19.7. The monoisotopic (exact) mass is 953 g/mol. The first-order valence-corrected chi connectivity index (χ1v) is 25.8. The smallest absolute Gasteiger partial charge is 0.0541 e. The SMILES string of the molecule is c1ccc(N(c2ccc(-c3cc(-c4ccc5c(c4)c4ccccc4n5-c4cccc5ccccc45)cc(-c4ccc5c(c4)c4ccccc4n5-c4cccc5ccccc45)c3)cc2)c2cccc3ccccc23)cc1. The molecule has 0 spiro atoms. The van der Waals surface area contributed by atoms with Crippen LogP contribution in [0.3, 0.4) is 0 Å². The molecule has 0 saturated carbocycles. The fraction of sp³-hybridized carbons (Fsp3) is 0. The minimum atomic E-state index is 1.10. The van der Waals surface area contributed by atoms with Crippen molar-refractivity contribution in [2.45, 2.75) is 0 Å². The molecule has 2 heterocycles. The zero-order chi connectivity index (χ0) is 49.4. The van der Waals surface area contributed by atoms with Crippen molar-refractivity contribution in [3.05, 3.63) is 285 Å². The van der Waals surface area contributed by atoms with E-state index >= 15 is 0 Å². The van der Waals surface area contributed by atoms with E-state index in [0.717, 1.165) is 39.3 Å². The van der Waals surface area contributed by atoms with Gasteiger partial charge in [0.25, 0.3) is 0 Å². The summed E-state index contributed by atoms with van der Waals surface area (Å²) in [7, 11) is 0. The number of fused-ring (bicyclic) bond motifs is 9. The van der Waals surface area contributed by atoms with E-state index in [1.807, 2.05) is 0 Å². The molecule has 0 bridgehead atoms. The average Bonchev–Trinajstić information content (AvgIpc) is 4.05. The van der Waals surface area contributed by atoms with E-state index < -0.39 is 0 Å². The molecule has 0 unspecified atom stereocenters. The zero-order valence-corrected chi connectivity index (χ0v) is 41.0. The van der Waals surface area contributed by atoms with Gasteiger partial charge in [-0.15, -0.1) is 0 Å². The lowest BCUT2D eigenvalue weighted by Crippen LogP contribution is -2.10. The summed E-state index contributed by atoms with van der Waals surface area (Å²) in [5.41, 5.74) is 17.4. The van der Waals surface area contributed by atoms with Gasteiger partial charge in [-0.1, -0.05) is 188 Å². The molecule has 0 amide bonds. The maximum absolute atomic E-state index is 2.45. The van der Waals surface area contributed by atoms with Crippen LogP contribution in [0.15, 0.2) is 285 Å². The Morgan fingerprint density at radius 3 is 1.12 bits per heavy atom. The fourth-order valence-corrected chi connectivity index (χ4v) is 12.0. The van der Waals surface area contributed by atoms with Gasteiger partial charge in [-0.2, -0.15) is 0 Å². The molecule has 0 saturated heterocycles. The molecule has 15 rings (SSSR count). The van der Waals surface area contributed by atoms with Crippen molar-refractivity contribution in [2.75, 3.05) is 4.90 Å². The summed E-state index contributed by atoms with van der Waals surface area (Å²) in [6.07, 6.45) is 0. The number of hydrogen-bond acceptors (Lipinski definition) is 1. The largest absolute Gasteiger partial charge is 0.310 e. The van der Waals surface area contributed by atoms with Crippen LogP contribution in [0.4, 0.5) is 17.1 Å². The molecule has 0 radical (unpaired) electrons. The topological polar surface area (TPSA) is 13.1 Å². The van der Waals surface area contributed by atoms with Crippen LogP contribution in [0.25, 0.3) is 121 Å². The highest BCUT2D eigenvalue weighted by Crippen LogP contribution is 2.43. The van der Waals surface area contributed by atoms with Crippen molar-refractivity contribution in [2.24, 2.45) is 0 Å². The summed E-state index contributed by atoms with van der Waals surface area (Å²) in [6, 6.07) is 105. The first-order valence-electron chi connectivity index (χ1n) is 25.8. The Morgan fingerprint density at radius 2 is 0.587 bits per heavy atom. The number of anilines is 3. The van der Waals surface area contributed by atoms with E-state index in [-0.39, 0.29) is 0 Å². The first kappa shape index (κ1) is 42.7. The number of para-hydroxylation sites is 3. The first-order chi connectivity index (χ1) is 37.2. The number of rotatable bonds is 8.